The molecule has 3 rings (SSSR count). The van der Waals surface area contributed by atoms with E-state index in [0.717, 1.165) is 9.37 Å². The van der Waals surface area contributed by atoms with Crippen LogP contribution in [-0.2, 0) is 11.3 Å². The molecule has 0 fully saturated rings. The van der Waals surface area contributed by atoms with E-state index in [1.165, 1.54) is 12.1 Å². The maximum absolute atomic E-state index is 14.2. The number of rotatable bonds is 2. The first-order chi connectivity index (χ1) is 9.97. The molecule has 21 heavy (non-hydrogen) atoms. The number of aromatic nitrogens is 1. The molecular formula is C15H10BrFN2O2. The van der Waals surface area contributed by atoms with Crippen molar-refractivity contribution < 1.29 is 14.0 Å². The van der Waals surface area contributed by atoms with Crippen molar-refractivity contribution in [2.45, 2.75) is 13.5 Å². The summed E-state index contributed by atoms with van der Waals surface area (Å²) in [5.74, 6) is -1.95. The van der Waals surface area contributed by atoms with Gasteiger partial charge in [0, 0.05) is 16.9 Å². The van der Waals surface area contributed by atoms with Gasteiger partial charge in [0.15, 0.2) is 0 Å². The maximum Gasteiger partial charge on any atom is 0.299 e. The molecule has 0 bridgehead atoms. The van der Waals surface area contributed by atoms with Crippen LogP contribution in [0.25, 0.3) is 0 Å². The summed E-state index contributed by atoms with van der Waals surface area (Å²) in [5.41, 5.74) is 1.49. The number of benzene rings is 1. The molecule has 0 saturated carbocycles. The predicted molar refractivity (Wildman–Crippen MR) is 78.6 cm³/mol. The number of carbonyl (C=O) groups excluding carboxylic acids is 2. The van der Waals surface area contributed by atoms with E-state index in [1.54, 1.807) is 25.4 Å². The molecule has 0 aliphatic carbocycles. The third-order valence-electron chi connectivity index (χ3n) is 3.26. The van der Waals surface area contributed by atoms with Crippen LogP contribution in [0.15, 0.2) is 35.1 Å². The number of Topliss-reactive ketones (excluding diaryl/α,β-unsaturated/α-hetero) is 1. The van der Waals surface area contributed by atoms with Gasteiger partial charge in [-0.3, -0.25) is 19.5 Å². The second-order valence-electron chi connectivity index (χ2n) is 4.87. The lowest BCUT2D eigenvalue weighted by molar-refractivity contribution is -0.114. The zero-order valence-electron chi connectivity index (χ0n) is 11.1. The van der Waals surface area contributed by atoms with E-state index >= 15 is 0 Å². The standard InChI is InChI=1S/C15H10BrFN2O2/c1-8-2-11-13(12(17)3-8)19(15(21)14(11)20)7-9-4-10(16)6-18-5-9/h2-6H,7H2,1H3. The molecule has 1 aromatic heterocycles. The molecule has 0 radical (unpaired) electrons. The highest BCUT2D eigenvalue weighted by Crippen LogP contribution is 2.34. The zero-order valence-corrected chi connectivity index (χ0v) is 12.6. The van der Waals surface area contributed by atoms with Crippen LogP contribution in [0.2, 0.25) is 0 Å². The summed E-state index contributed by atoms with van der Waals surface area (Å²) < 4.78 is 14.9. The summed E-state index contributed by atoms with van der Waals surface area (Å²) >= 11 is 3.29. The van der Waals surface area contributed by atoms with Crippen LogP contribution in [-0.4, -0.2) is 16.7 Å². The normalized spacial score (nSPS) is 13.8. The Morgan fingerprint density at radius 1 is 1.24 bits per heavy atom. The Balaban J connectivity index is 2.05. The Morgan fingerprint density at radius 2 is 2.00 bits per heavy atom. The number of nitrogens with zero attached hydrogens (tertiary/aromatic N) is 2. The van der Waals surface area contributed by atoms with Gasteiger partial charge in [0.25, 0.3) is 11.7 Å². The summed E-state index contributed by atoms with van der Waals surface area (Å²) in [6, 6.07) is 4.63. The molecule has 0 atom stereocenters. The fourth-order valence-corrected chi connectivity index (χ4v) is 2.81. The van der Waals surface area contributed by atoms with Crippen molar-refractivity contribution in [3.05, 3.63) is 57.6 Å². The average molecular weight is 349 g/mol. The minimum atomic E-state index is -0.713. The molecule has 0 N–H and O–H groups in total. The Kier molecular flexibility index (Phi) is 3.33. The lowest BCUT2D eigenvalue weighted by Gasteiger charge is -2.17. The third-order valence-corrected chi connectivity index (χ3v) is 3.70. The zero-order chi connectivity index (χ0) is 15.1. The lowest BCUT2D eigenvalue weighted by atomic mass is 10.1. The number of fused-ring (bicyclic) bond motifs is 1. The quantitative estimate of drug-likeness (QED) is 0.784. The van der Waals surface area contributed by atoms with Crippen molar-refractivity contribution in [2.75, 3.05) is 4.90 Å². The van der Waals surface area contributed by atoms with Crippen LogP contribution in [0.5, 0.6) is 0 Å². The molecule has 0 spiro atoms. The van der Waals surface area contributed by atoms with Gasteiger partial charge in [-0.1, -0.05) is 0 Å². The molecular weight excluding hydrogens is 339 g/mol. The first-order valence-electron chi connectivity index (χ1n) is 6.23. The van der Waals surface area contributed by atoms with E-state index in [2.05, 4.69) is 20.9 Å². The smallest absolute Gasteiger partial charge is 0.297 e. The predicted octanol–water partition coefficient (Wildman–Crippen LogP) is 3.02. The van der Waals surface area contributed by atoms with Gasteiger partial charge in [0.2, 0.25) is 0 Å². The molecule has 2 aromatic rings. The third kappa shape index (κ3) is 2.35. The van der Waals surface area contributed by atoms with Crippen molar-refractivity contribution in [1.82, 2.24) is 4.98 Å². The van der Waals surface area contributed by atoms with Crippen molar-refractivity contribution in [1.29, 1.82) is 0 Å². The summed E-state index contributed by atoms with van der Waals surface area (Å²) in [4.78, 5) is 29.2. The number of hydrogen-bond donors (Lipinski definition) is 0. The van der Waals surface area contributed by atoms with E-state index in [-0.39, 0.29) is 17.8 Å². The number of amides is 1. The second-order valence-corrected chi connectivity index (χ2v) is 5.79. The molecule has 1 amide bonds. The molecule has 0 saturated heterocycles. The van der Waals surface area contributed by atoms with Gasteiger partial charge < -0.3 is 0 Å². The van der Waals surface area contributed by atoms with Crippen LogP contribution in [0.3, 0.4) is 0 Å². The highest BCUT2D eigenvalue weighted by molar-refractivity contribution is 9.10. The van der Waals surface area contributed by atoms with Gasteiger partial charge in [-0.25, -0.2) is 4.39 Å². The van der Waals surface area contributed by atoms with Crippen LogP contribution in [0.4, 0.5) is 10.1 Å². The molecule has 1 aliphatic rings. The summed E-state index contributed by atoms with van der Waals surface area (Å²) in [6.45, 7) is 1.78. The second kappa shape index (κ2) is 5.04. The number of ketones is 1. The molecule has 0 unspecified atom stereocenters. The maximum atomic E-state index is 14.2. The monoisotopic (exact) mass is 348 g/mol. The van der Waals surface area contributed by atoms with E-state index in [1.807, 2.05) is 0 Å². The van der Waals surface area contributed by atoms with Crippen molar-refractivity contribution in [2.24, 2.45) is 0 Å². The number of halogens is 2. The number of anilines is 1. The molecule has 4 nitrogen and oxygen atoms in total. The molecule has 6 heteroatoms. The minimum Gasteiger partial charge on any atom is -0.297 e. The average Bonchev–Trinajstić information content (AvgIpc) is 2.64. The number of pyridine rings is 1. The lowest BCUT2D eigenvalue weighted by Crippen LogP contribution is -2.29. The fourth-order valence-electron chi connectivity index (χ4n) is 2.40. The first kappa shape index (κ1) is 13.9. The van der Waals surface area contributed by atoms with Crippen LogP contribution >= 0.6 is 15.9 Å². The van der Waals surface area contributed by atoms with Crippen molar-refractivity contribution >= 4 is 33.3 Å². The van der Waals surface area contributed by atoms with E-state index in [4.69, 9.17) is 0 Å². The van der Waals surface area contributed by atoms with Gasteiger partial charge in [-0.15, -0.1) is 0 Å². The molecule has 2 heterocycles. The van der Waals surface area contributed by atoms with Crippen LogP contribution in [0.1, 0.15) is 21.5 Å². The highest BCUT2D eigenvalue weighted by atomic mass is 79.9. The summed E-state index contributed by atoms with van der Waals surface area (Å²) in [7, 11) is 0. The molecule has 1 aliphatic heterocycles. The van der Waals surface area contributed by atoms with E-state index in [9.17, 15) is 14.0 Å². The highest BCUT2D eigenvalue weighted by Gasteiger charge is 2.38. The number of hydrogen-bond acceptors (Lipinski definition) is 3. The van der Waals surface area contributed by atoms with Gasteiger partial charge in [-0.05, 0) is 52.2 Å². The fraction of sp³-hybridized carbons (Fsp3) is 0.133. The number of carbonyl (C=O) groups is 2. The topological polar surface area (TPSA) is 50.3 Å². The van der Waals surface area contributed by atoms with Crippen LogP contribution in [0, 0.1) is 12.7 Å². The first-order valence-corrected chi connectivity index (χ1v) is 7.02. The molecule has 1 aromatic carbocycles. The van der Waals surface area contributed by atoms with Gasteiger partial charge in [0.1, 0.15) is 5.82 Å². The Labute approximate surface area is 128 Å². The minimum absolute atomic E-state index is 0.0515. The number of aryl methyl sites for hydroxylation is 1. The van der Waals surface area contributed by atoms with Gasteiger partial charge >= 0.3 is 0 Å². The Bertz CT molecular complexity index is 776. The van der Waals surface area contributed by atoms with Gasteiger partial charge in [0.05, 0.1) is 17.8 Å². The van der Waals surface area contributed by atoms with Crippen LogP contribution < -0.4 is 4.90 Å². The summed E-state index contributed by atoms with van der Waals surface area (Å²) in [5, 5.41) is 0. The van der Waals surface area contributed by atoms with Crippen molar-refractivity contribution in [3.63, 3.8) is 0 Å². The Morgan fingerprint density at radius 3 is 2.71 bits per heavy atom. The Hall–Kier alpha value is -2.08. The molecule has 106 valence electrons. The van der Waals surface area contributed by atoms with E-state index < -0.39 is 17.5 Å². The largest absolute Gasteiger partial charge is 0.299 e. The van der Waals surface area contributed by atoms with Gasteiger partial charge in [-0.2, -0.15) is 0 Å². The van der Waals surface area contributed by atoms with Crippen molar-refractivity contribution in [3.8, 4) is 0 Å². The van der Waals surface area contributed by atoms with E-state index in [0.29, 0.717) is 11.1 Å². The summed E-state index contributed by atoms with van der Waals surface area (Å²) in [6.07, 6.45) is 3.19. The SMILES string of the molecule is Cc1cc(F)c2c(c1)C(=O)C(=O)N2Cc1cncc(Br)c1.